The first kappa shape index (κ1) is 16.4. The summed E-state index contributed by atoms with van der Waals surface area (Å²) in [6.07, 6.45) is 2.20. The van der Waals surface area contributed by atoms with Crippen molar-refractivity contribution in [2.45, 2.75) is 25.8 Å². The maximum atomic E-state index is 13.1. The van der Waals surface area contributed by atoms with Crippen LogP contribution in [-0.2, 0) is 0 Å². The molecule has 0 aromatic heterocycles. The van der Waals surface area contributed by atoms with Gasteiger partial charge < -0.3 is 15.1 Å². The Morgan fingerprint density at radius 2 is 1.81 bits per heavy atom. The van der Waals surface area contributed by atoms with Gasteiger partial charge in [-0.3, -0.25) is 0 Å². The second-order valence-corrected chi connectivity index (χ2v) is 5.99. The second-order valence-electron chi connectivity index (χ2n) is 5.99. The molecule has 1 aliphatic rings. The van der Waals surface area contributed by atoms with Crippen molar-refractivity contribution >= 4 is 0 Å². The van der Waals surface area contributed by atoms with Crippen molar-refractivity contribution in [3.05, 3.63) is 35.6 Å². The molecule has 0 saturated carbocycles. The van der Waals surface area contributed by atoms with Crippen molar-refractivity contribution in [1.29, 1.82) is 0 Å². The molecule has 0 radical (unpaired) electrons. The summed E-state index contributed by atoms with van der Waals surface area (Å²) in [5.41, 5.74) is 1.19. The highest BCUT2D eigenvalue weighted by Gasteiger charge is 2.16. The van der Waals surface area contributed by atoms with Crippen LogP contribution in [0.25, 0.3) is 0 Å². The monoisotopic (exact) mass is 293 g/mol. The van der Waals surface area contributed by atoms with E-state index in [0.717, 1.165) is 52.1 Å². The Kier molecular flexibility index (Phi) is 6.61. The van der Waals surface area contributed by atoms with E-state index in [1.165, 1.54) is 5.56 Å². The number of piperazine rings is 1. The molecule has 0 spiro atoms. The molecule has 1 unspecified atom stereocenters. The summed E-state index contributed by atoms with van der Waals surface area (Å²) >= 11 is 0. The van der Waals surface area contributed by atoms with Crippen LogP contribution in [0.2, 0.25) is 0 Å². The lowest BCUT2D eigenvalue weighted by molar-refractivity contribution is 0.148. The lowest BCUT2D eigenvalue weighted by Gasteiger charge is -2.33. The minimum Gasteiger partial charge on any atom is -0.310 e. The van der Waals surface area contributed by atoms with Crippen molar-refractivity contribution in [1.82, 2.24) is 15.1 Å². The normalized spacial score (nSPS) is 18.8. The second kappa shape index (κ2) is 8.47. The van der Waals surface area contributed by atoms with Crippen LogP contribution in [0.1, 0.15) is 31.4 Å². The van der Waals surface area contributed by atoms with Gasteiger partial charge in [0.05, 0.1) is 0 Å². The van der Waals surface area contributed by atoms with Gasteiger partial charge in [0.15, 0.2) is 0 Å². The summed E-state index contributed by atoms with van der Waals surface area (Å²) in [6.45, 7) is 8.90. The Balaban J connectivity index is 1.88. The third-order valence-corrected chi connectivity index (χ3v) is 4.24. The van der Waals surface area contributed by atoms with E-state index in [1.807, 2.05) is 12.1 Å². The van der Waals surface area contributed by atoms with Crippen LogP contribution in [0, 0.1) is 5.82 Å². The van der Waals surface area contributed by atoms with Gasteiger partial charge in [0.2, 0.25) is 0 Å². The van der Waals surface area contributed by atoms with Crippen molar-refractivity contribution in [2.24, 2.45) is 0 Å². The quantitative estimate of drug-likeness (QED) is 0.833. The molecule has 0 aliphatic carbocycles. The van der Waals surface area contributed by atoms with Crippen LogP contribution in [0.3, 0.4) is 0 Å². The van der Waals surface area contributed by atoms with E-state index in [-0.39, 0.29) is 5.82 Å². The van der Waals surface area contributed by atoms with Gasteiger partial charge in [0.1, 0.15) is 5.82 Å². The van der Waals surface area contributed by atoms with E-state index in [0.29, 0.717) is 6.04 Å². The molecule has 1 aromatic rings. The van der Waals surface area contributed by atoms with E-state index in [1.54, 1.807) is 12.1 Å². The Morgan fingerprint density at radius 3 is 2.43 bits per heavy atom. The minimum atomic E-state index is -0.160. The first-order valence-electron chi connectivity index (χ1n) is 8.08. The fraction of sp³-hybridized carbons (Fsp3) is 0.647. The van der Waals surface area contributed by atoms with E-state index < -0.39 is 0 Å². The van der Waals surface area contributed by atoms with Gasteiger partial charge >= 0.3 is 0 Å². The fourth-order valence-corrected chi connectivity index (χ4v) is 2.78. The van der Waals surface area contributed by atoms with Gasteiger partial charge in [-0.15, -0.1) is 0 Å². The number of likely N-dealkylation sites (N-methyl/N-ethyl adjacent to an activating group) is 1. The summed E-state index contributed by atoms with van der Waals surface area (Å²) < 4.78 is 13.1. The molecule has 1 aliphatic heterocycles. The molecule has 1 fully saturated rings. The lowest BCUT2D eigenvalue weighted by atomic mass is 10.0. The van der Waals surface area contributed by atoms with Gasteiger partial charge in [0, 0.05) is 38.8 Å². The molecule has 3 nitrogen and oxygen atoms in total. The average Bonchev–Trinajstić information content (AvgIpc) is 2.50. The molecule has 21 heavy (non-hydrogen) atoms. The Bertz CT molecular complexity index is 399. The van der Waals surface area contributed by atoms with Crippen LogP contribution in [0.4, 0.5) is 4.39 Å². The number of rotatable bonds is 7. The summed E-state index contributed by atoms with van der Waals surface area (Å²) in [6, 6.07) is 7.27. The maximum absolute atomic E-state index is 13.1. The predicted octanol–water partition coefficient (Wildman–Crippen LogP) is 2.50. The molecule has 2 rings (SSSR count). The molecule has 1 aromatic carbocycles. The Morgan fingerprint density at radius 1 is 1.14 bits per heavy atom. The highest BCUT2D eigenvalue weighted by atomic mass is 19.1. The highest BCUT2D eigenvalue weighted by molar-refractivity contribution is 5.20. The topological polar surface area (TPSA) is 18.5 Å². The SMILES string of the molecule is CCCNC(CCN1CCN(C)CC1)c1ccc(F)cc1. The summed E-state index contributed by atoms with van der Waals surface area (Å²) in [4.78, 5) is 4.91. The lowest BCUT2D eigenvalue weighted by Crippen LogP contribution is -2.45. The Hall–Kier alpha value is -0.970. The van der Waals surface area contributed by atoms with Crippen LogP contribution in [0.15, 0.2) is 24.3 Å². The van der Waals surface area contributed by atoms with Crippen molar-refractivity contribution in [3.63, 3.8) is 0 Å². The number of nitrogens with one attached hydrogen (secondary N) is 1. The maximum Gasteiger partial charge on any atom is 0.123 e. The fourth-order valence-electron chi connectivity index (χ4n) is 2.78. The molecule has 1 N–H and O–H groups in total. The van der Waals surface area contributed by atoms with Gasteiger partial charge in [-0.2, -0.15) is 0 Å². The zero-order valence-corrected chi connectivity index (χ0v) is 13.3. The first-order valence-corrected chi connectivity index (χ1v) is 8.08. The van der Waals surface area contributed by atoms with E-state index in [2.05, 4.69) is 29.1 Å². The summed E-state index contributed by atoms with van der Waals surface area (Å²) in [5.74, 6) is -0.160. The first-order chi connectivity index (χ1) is 10.2. The van der Waals surface area contributed by atoms with E-state index >= 15 is 0 Å². The molecule has 1 atom stereocenters. The minimum absolute atomic E-state index is 0.160. The third-order valence-electron chi connectivity index (χ3n) is 4.24. The van der Waals surface area contributed by atoms with Crippen molar-refractivity contribution in [2.75, 3.05) is 46.3 Å². The van der Waals surface area contributed by atoms with E-state index in [9.17, 15) is 4.39 Å². The third kappa shape index (κ3) is 5.38. The van der Waals surface area contributed by atoms with Gasteiger partial charge in [-0.1, -0.05) is 19.1 Å². The largest absolute Gasteiger partial charge is 0.310 e. The van der Waals surface area contributed by atoms with Crippen LogP contribution >= 0.6 is 0 Å². The number of hydrogen-bond donors (Lipinski definition) is 1. The van der Waals surface area contributed by atoms with Crippen molar-refractivity contribution in [3.8, 4) is 0 Å². The number of hydrogen-bond acceptors (Lipinski definition) is 3. The molecule has 0 amide bonds. The molecular weight excluding hydrogens is 265 g/mol. The molecule has 1 saturated heterocycles. The van der Waals surface area contributed by atoms with E-state index in [4.69, 9.17) is 0 Å². The average molecular weight is 293 g/mol. The standard InChI is InChI=1S/C17H28FN3/c1-3-9-19-17(15-4-6-16(18)7-5-15)8-10-21-13-11-20(2)12-14-21/h4-7,17,19H,3,8-14H2,1-2H3. The van der Waals surface area contributed by atoms with Gasteiger partial charge in [-0.25, -0.2) is 4.39 Å². The number of benzene rings is 1. The number of halogens is 1. The predicted molar refractivity (Wildman–Crippen MR) is 86.0 cm³/mol. The zero-order chi connectivity index (χ0) is 15.1. The van der Waals surface area contributed by atoms with Crippen LogP contribution in [0.5, 0.6) is 0 Å². The molecule has 0 bridgehead atoms. The van der Waals surface area contributed by atoms with Crippen molar-refractivity contribution < 1.29 is 4.39 Å². The number of nitrogens with zero attached hydrogens (tertiary/aromatic N) is 2. The van der Waals surface area contributed by atoms with Gasteiger partial charge in [-0.05, 0) is 44.1 Å². The van der Waals surface area contributed by atoms with Crippen LogP contribution < -0.4 is 5.32 Å². The highest BCUT2D eigenvalue weighted by Crippen LogP contribution is 2.18. The molecule has 118 valence electrons. The summed E-state index contributed by atoms with van der Waals surface area (Å²) in [5, 5.41) is 3.59. The van der Waals surface area contributed by atoms with Gasteiger partial charge in [0.25, 0.3) is 0 Å². The van der Waals surface area contributed by atoms with Crippen LogP contribution in [-0.4, -0.2) is 56.1 Å². The summed E-state index contributed by atoms with van der Waals surface area (Å²) in [7, 11) is 2.18. The Labute approximate surface area is 128 Å². The molecule has 1 heterocycles. The smallest absolute Gasteiger partial charge is 0.123 e. The molecular formula is C17H28FN3. The molecule has 4 heteroatoms. The zero-order valence-electron chi connectivity index (χ0n) is 13.3.